The number of aromatic nitrogens is 1. The van der Waals surface area contributed by atoms with E-state index in [1.165, 1.54) is 4.88 Å². The van der Waals surface area contributed by atoms with E-state index >= 15 is 0 Å². The van der Waals surface area contributed by atoms with Gasteiger partial charge < -0.3 is 9.15 Å². The molecule has 1 aliphatic rings. The third kappa shape index (κ3) is 2.82. The van der Waals surface area contributed by atoms with Crippen LogP contribution < -0.4 is 9.64 Å². The SMILES string of the molecule is COc1ccccc1CC(=O)N(C)c1nc2c(s1)CCc1occc1-2. The topological polar surface area (TPSA) is 55.6 Å². The van der Waals surface area contributed by atoms with Crippen molar-refractivity contribution >= 4 is 22.4 Å². The fourth-order valence-electron chi connectivity index (χ4n) is 3.07. The summed E-state index contributed by atoms with van der Waals surface area (Å²) in [6.45, 7) is 0. The number of rotatable bonds is 4. The number of furan rings is 1. The molecule has 0 radical (unpaired) electrons. The van der Waals surface area contributed by atoms with Gasteiger partial charge in [0.15, 0.2) is 5.13 Å². The maximum atomic E-state index is 12.7. The van der Waals surface area contributed by atoms with E-state index in [4.69, 9.17) is 14.1 Å². The van der Waals surface area contributed by atoms with E-state index < -0.39 is 0 Å². The fraction of sp³-hybridized carbons (Fsp3) is 0.263. The van der Waals surface area contributed by atoms with Crippen LogP contribution in [0.5, 0.6) is 5.75 Å². The molecular formula is C19H18N2O3S. The lowest BCUT2D eigenvalue weighted by Crippen LogP contribution is -2.27. The van der Waals surface area contributed by atoms with Gasteiger partial charge in [0.1, 0.15) is 11.5 Å². The number of carbonyl (C=O) groups excluding carboxylic acids is 1. The number of carbonyl (C=O) groups is 1. The van der Waals surface area contributed by atoms with Gasteiger partial charge in [0, 0.05) is 29.5 Å². The molecule has 0 bridgehead atoms. The van der Waals surface area contributed by atoms with E-state index in [2.05, 4.69) is 0 Å². The van der Waals surface area contributed by atoms with Gasteiger partial charge >= 0.3 is 0 Å². The summed E-state index contributed by atoms with van der Waals surface area (Å²) in [5.41, 5.74) is 2.88. The lowest BCUT2D eigenvalue weighted by Gasteiger charge is -2.15. The second-order valence-corrected chi connectivity index (χ2v) is 7.03. The van der Waals surface area contributed by atoms with Crippen LogP contribution in [-0.4, -0.2) is 25.0 Å². The Hall–Kier alpha value is -2.60. The largest absolute Gasteiger partial charge is 0.496 e. The number of likely N-dealkylation sites (N-methyl/N-ethyl adjacent to an activating group) is 1. The van der Waals surface area contributed by atoms with Crippen molar-refractivity contribution in [2.75, 3.05) is 19.1 Å². The summed E-state index contributed by atoms with van der Waals surface area (Å²) in [5, 5.41) is 0.721. The molecule has 2 aromatic heterocycles. The first-order valence-electron chi connectivity index (χ1n) is 8.12. The molecule has 25 heavy (non-hydrogen) atoms. The third-order valence-corrected chi connectivity index (χ3v) is 5.65. The van der Waals surface area contributed by atoms with Gasteiger partial charge in [-0.3, -0.25) is 9.69 Å². The second-order valence-electron chi connectivity index (χ2n) is 5.97. The van der Waals surface area contributed by atoms with Crippen LogP contribution in [0.3, 0.4) is 0 Å². The third-order valence-electron chi connectivity index (χ3n) is 4.46. The Balaban J connectivity index is 1.58. The highest BCUT2D eigenvalue weighted by Gasteiger charge is 2.25. The normalized spacial score (nSPS) is 12.4. The van der Waals surface area contributed by atoms with Crippen molar-refractivity contribution in [3.8, 4) is 17.0 Å². The average Bonchev–Trinajstić information content (AvgIpc) is 3.27. The van der Waals surface area contributed by atoms with E-state index in [0.717, 1.165) is 46.3 Å². The maximum Gasteiger partial charge on any atom is 0.233 e. The van der Waals surface area contributed by atoms with Crippen molar-refractivity contribution in [1.29, 1.82) is 0 Å². The minimum Gasteiger partial charge on any atom is -0.496 e. The van der Waals surface area contributed by atoms with Crippen LogP contribution in [0.15, 0.2) is 41.0 Å². The summed E-state index contributed by atoms with van der Waals surface area (Å²) >= 11 is 1.58. The first-order chi connectivity index (χ1) is 12.2. The zero-order chi connectivity index (χ0) is 17.4. The Morgan fingerprint density at radius 1 is 1.32 bits per heavy atom. The number of methoxy groups -OCH3 is 1. The van der Waals surface area contributed by atoms with Crippen LogP contribution in [0, 0.1) is 0 Å². The van der Waals surface area contributed by atoms with Crippen LogP contribution in [0.25, 0.3) is 11.3 Å². The van der Waals surface area contributed by atoms with Gasteiger partial charge in [0.2, 0.25) is 5.91 Å². The molecule has 1 aliphatic carbocycles. The van der Waals surface area contributed by atoms with E-state index in [1.54, 1.807) is 36.7 Å². The van der Waals surface area contributed by atoms with Crippen LogP contribution in [0.4, 0.5) is 5.13 Å². The molecule has 0 aliphatic heterocycles. The highest BCUT2D eigenvalue weighted by molar-refractivity contribution is 7.16. The van der Waals surface area contributed by atoms with Gasteiger partial charge in [-0.25, -0.2) is 4.98 Å². The molecule has 0 saturated carbocycles. The fourth-order valence-corrected chi connectivity index (χ4v) is 4.12. The summed E-state index contributed by atoms with van der Waals surface area (Å²) < 4.78 is 10.8. The lowest BCUT2D eigenvalue weighted by atomic mass is 10.0. The van der Waals surface area contributed by atoms with Gasteiger partial charge in [0.25, 0.3) is 0 Å². The smallest absolute Gasteiger partial charge is 0.233 e. The summed E-state index contributed by atoms with van der Waals surface area (Å²) in [5.74, 6) is 1.70. The Bertz CT molecular complexity index is 928. The number of nitrogens with zero attached hydrogens (tertiary/aromatic N) is 2. The summed E-state index contributed by atoms with van der Waals surface area (Å²) in [6.07, 6.45) is 3.77. The second kappa shape index (κ2) is 6.37. The first kappa shape index (κ1) is 15.9. The predicted octanol–water partition coefficient (Wildman–Crippen LogP) is 3.72. The van der Waals surface area contributed by atoms with E-state index in [-0.39, 0.29) is 12.3 Å². The monoisotopic (exact) mass is 354 g/mol. The van der Waals surface area contributed by atoms with Crippen LogP contribution >= 0.6 is 11.3 Å². The molecule has 4 rings (SSSR count). The quantitative estimate of drug-likeness (QED) is 0.717. The molecule has 0 fully saturated rings. The highest BCUT2D eigenvalue weighted by atomic mass is 32.1. The van der Waals surface area contributed by atoms with E-state index in [1.807, 2.05) is 30.3 Å². The number of aryl methyl sites for hydroxylation is 2. The number of anilines is 1. The highest BCUT2D eigenvalue weighted by Crippen LogP contribution is 2.39. The molecule has 0 N–H and O–H groups in total. The van der Waals surface area contributed by atoms with Gasteiger partial charge in [-0.2, -0.15) is 0 Å². The number of fused-ring (bicyclic) bond motifs is 3. The number of benzene rings is 1. The number of para-hydroxylation sites is 1. The lowest BCUT2D eigenvalue weighted by molar-refractivity contribution is -0.117. The molecule has 0 spiro atoms. The van der Waals surface area contributed by atoms with E-state index in [0.29, 0.717) is 0 Å². The Labute approximate surface area is 149 Å². The number of hydrogen-bond acceptors (Lipinski definition) is 5. The number of amides is 1. The molecule has 0 atom stereocenters. The Kier molecular flexibility index (Phi) is 4.05. The molecule has 128 valence electrons. The number of thiazole rings is 1. The zero-order valence-electron chi connectivity index (χ0n) is 14.1. The van der Waals surface area contributed by atoms with Crippen molar-refractivity contribution in [2.24, 2.45) is 0 Å². The predicted molar refractivity (Wildman–Crippen MR) is 97.3 cm³/mol. The van der Waals surface area contributed by atoms with Crippen molar-refractivity contribution in [1.82, 2.24) is 4.98 Å². The minimum absolute atomic E-state index is 0.0111. The first-order valence-corrected chi connectivity index (χ1v) is 8.94. The number of ether oxygens (including phenoxy) is 1. The molecule has 1 aromatic carbocycles. The van der Waals surface area contributed by atoms with Crippen molar-refractivity contribution in [2.45, 2.75) is 19.3 Å². The summed E-state index contributed by atoms with van der Waals surface area (Å²) in [7, 11) is 3.39. The molecule has 1 amide bonds. The maximum absolute atomic E-state index is 12.7. The van der Waals surface area contributed by atoms with Crippen molar-refractivity contribution in [3.05, 3.63) is 52.8 Å². The van der Waals surface area contributed by atoms with E-state index in [9.17, 15) is 4.79 Å². The molecule has 5 nitrogen and oxygen atoms in total. The van der Waals surface area contributed by atoms with Crippen molar-refractivity contribution < 1.29 is 13.9 Å². The Morgan fingerprint density at radius 3 is 3.00 bits per heavy atom. The van der Waals surface area contributed by atoms with Crippen LogP contribution in [0.1, 0.15) is 16.2 Å². The van der Waals surface area contributed by atoms with Crippen LogP contribution in [-0.2, 0) is 24.1 Å². The minimum atomic E-state index is -0.0111. The molecule has 0 saturated heterocycles. The summed E-state index contributed by atoms with van der Waals surface area (Å²) in [4.78, 5) is 20.3. The summed E-state index contributed by atoms with van der Waals surface area (Å²) in [6, 6.07) is 9.54. The molecule has 0 unspecified atom stereocenters. The molecule has 6 heteroatoms. The van der Waals surface area contributed by atoms with Gasteiger partial charge in [-0.1, -0.05) is 18.2 Å². The van der Waals surface area contributed by atoms with Gasteiger partial charge in [0.05, 0.1) is 25.5 Å². The molecule has 3 aromatic rings. The zero-order valence-corrected chi connectivity index (χ0v) is 14.9. The van der Waals surface area contributed by atoms with Crippen LogP contribution in [0.2, 0.25) is 0 Å². The standard InChI is InChI=1S/C19H18N2O3S/c1-21(17(22)11-12-5-3-4-6-14(12)23-2)19-20-18-13-9-10-24-15(13)7-8-16(18)25-19/h3-6,9-10H,7-8,11H2,1-2H3. The number of hydrogen-bond donors (Lipinski definition) is 0. The molecule has 2 heterocycles. The average molecular weight is 354 g/mol. The van der Waals surface area contributed by atoms with Gasteiger partial charge in [-0.15, -0.1) is 11.3 Å². The van der Waals surface area contributed by atoms with Gasteiger partial charge in [-0.05, 0) is 18.6 Å². The molecular weight excluding hydrogens is 336 g/mol. The van der Waals surface area contributed by atoms with Crippen molar-refractivity contribution in [3.63, 3.8) is 0 Å². The Morgan fingerprint density at radius 2 is 2.16 bits per heavy atom.